The van der Waals surface area contributed by atoms with Gasteiger partial charge >= 0.3 is 6.09 Å². The zero-order valence-electron chi connectivity index (χ0n) is 13.4. The lowest BCUT2D eigenvalue weighted by Gasteiger charge is -2.33. The highest BCUT2D eigenvalue weighted by Gasteiger charge is 2.23. The zero-order valence-corrected chi connectivity index (χ0v) is 15.6. The molecular formula is C16H19IN4O3. The first kappa shape index (κ1) is 17.2. The van der Waals surface area contributed by atoms with E-state index in [9.17, 15) is 4.79 Å². The van der Waals surface area contributed by atoms with Crippen molar-refractivity contribution >= 4 is 28.7 Å². The summed E-state index contributed by atoms with van der Waals surface area (Å²) in [6, 6.07) is 7.95. The van der Waals surface area contributed by atoms with Crippen molar-refractivity contribution in [1.29, 1.82) is 0 Å². The molecular weight excluding hydrogens is 423 g/mol. The van der Waals surface area contributed by atoms with Crippen molar-refractivity contribution in [3.63, 3.8) is 0 Å². The van der Waals surface area contributed by atoms with Gasteiger partial charge in [0.1, 0.15) is 0 Å². The number of amides is 1. The molecule has 1 aliphatic heterocycles. The molecule has 2 heterocycles. The third-order valence-corrected chi connectivity index (χ3v) is 4.47. The first-order chi connectivity index (χ1) is 11.7. The minimum absolute atomic E-state index is 0.238. The van der Waals surface area contributed by atoms with Crippen molar-refractivity contribution in [3.05, 3.63) is 33.7 Å². The van der Waals surface area contributed by atoms with Crippen LogP contribution in [-0.4, -0.2) is 58.8 Å². The number of rotatable bonds is 4. The summed E-state index contributed by atoms with van der Waals surface area (Å²) >= 11 is 2.26. The Morgan fingerprint density at radius 2 is 2.12 bits per heavy atom. The molecule has 0 bridgehead atoms. The molecule has 8 heteroatoms. The fourth-order valence-electron chi connectivity index (χ4n) is 2.56. The van der Waals surface area contributed by atoms with E-state index in [0.29, 0.717) is 38.0 Å². The van der Waals surface area contributed by atoms with Crippen LogP contribution in [0.15, 0.2) is 28.8 Å². The molecule has 0 unspecified atom stereocenters. The number of hydrogen-bond acceptors (Lipinski definition) is 6. The molecule has 0 N–H and O–H groups in total. The molecule has 1 aromatic heterocycles. The molecule has 128 valence electrons. The maximum atomic E-state index is 11.7. The number of ether oxygens (including phenoxy) is 1. The Hall–Kier alpha value is -1.68. The minimum atomic E-state index is -0.238. The first-order valence-electron chi connectivity index (χ1n) is 7.88. The van der Waals surface area contributed by atoms with E-state index in [1.807, 2.05) is 31.2 Å². The molecule has 1 aromatic carbocycles. The van der Waals surface area contributed by atoms with Gasteiger partial charge in [-0.15, -0.1) is 0 Å². The Balaban J connectivity index is 1.56. The average Bonchev–Trinajstić information content (AvgIpc) is 3.04. The Morgan fingerprint density at radius 1 is 1.33 bits per heavy atom. The van der Waals surface area contributed by atoms with Crippen molar-refractivity contribution in [2.75, 3.05) is 32.8 Å². The van der Waals surface area contributed by atoms with E-state index in [4.69, 9.17) is 9.26 Å². The van der Waals surface area contributed by atoms with Crippen LogP contribution in [0, 0.1) is 3.57 Å². The van der Waals surface area contributed by atoms with Crippen LogP contribution in [0.25, 0.3) is 11.5 Å². The van der Waals surface area contributed by atoms with Crippen LogP contribution in [-0.2, 0) is 11.3 Å². The average molecular weight is 442 g/mol. The van der Waals surface area contributed by atoms with Crippen LogP contribution >= 0.6 is 22.6 Å². The maximum absolute atomic E-state index is 11.7. The van der Waals surface area contributed by atoms with Crippen LogP contribution in [0.3, 0.4) is 0 Å². The molecule has 1 amide bonds. The first-order valence-corrected chi connectivity index (χ1v) is 8.96. The molecule has 1 saturated heterocycles. The number of benzene rings is 1. The quantitative estimate of drug-likeness (QED) is 0.679. The molecule has 0 atom stereocenters. The van der Waals surface area contributed by atoms with Crippen LogP contribution in [0.5, 0.6) is 0 Å². The van der Waals surface area contributed by atoms with E-state index < -0.39 is 0 Å². The highest BCUT2D eigenvalue weighted by atomic mass is 127. The summed E-state index contributed by atoms with van der Waals surface area (Å²) in [6.45, 7) is 5.68. The van der Waals surface area contributed by atoms with Crippen molar-refractivity contribution in [2.24, 2.45) is 0 Å². The molecule has 24 heavy (non-hydrogen) atoms. The molecule has 0 aliphatic carbocycles. The minimum Gasteiger partial charge on any atom is -0.450 e. The van der Waals surface area contributed by atoms with Gasteiger partial charge in [0, 0.05) is 35.3 Å². The molecule has 1 aliphatic rings. The molecule has 3 rings (SSSR count). The lowest BCUT2D eigenvalue weighted by Crippen LogP contribution is -2.48. The van der Waals surface area contributed by atoms with Crippen LogP contribution < -0.4 is 0 Å². The Bertz CT molecular complexity index is 698. The maximum Gasteiger partial charge on any atom is 0.409 e. The Labute approximate surface area is 154 Å². The third kappa shape index (κ3) is 4.23. The number of nitrogens with zero attached hydrogens (tertiary/aromatic N) is 4. The lowest BCUT2D eigenvalue weighted by atomic mass is 10.2. The highest BCUT2D eigenvalue weighted by molar-refractivity contribution is 14.1. The summed E-state index contributed by atoms with van der Waals surface area (Å²) in [5.74, 6) is 1.20. The fraction of sp³-hybridized carbons (Fsp3) is 0.438. The summed E-state index contributed by atoms with van der Waals surface area (Å²) < 4.78 is 11.5. The van der Waals surface area contributed by atoms with Gasteiger partial charge in [0.2, 0.25) is 0 Å². The third-order valence-electron chi connectivity index (χ3n) is 3.80. The normalized spacial score (nSPS) is 15.5. The van der Waals surface area contributed by atoms with Gasteiger partial charge in [-0.2, -0.15) is 4.98 Å². The Morgan fingerprint density at radius 3 is 2.83 bits per heavy atom. The van der Waals surface area contributed by atoms with Crippen molar-refractivity contribution in [3.8, 4) is 11.5 Å². The number of carbonyl (C=O) groups excluding carboxylic acids is 1. The summed E-state index contributed by atoms with van der Waals surface area (Å²) in [5.41, 5.74) is 0.924. The van der Waals surface area contributed by atoms with E-state index in [0.717, 1.165) is 22.2 Å². The van der Waals surface area contributed by atoms with Gasteiger partial charge in [-0.05, 0) is 47.7 Å². The highest BCUT2D eigenvalue weighted by Crippen LogP contribution is 2.20. The number of aromatic nitrogens is 2. The summed E-state index contributed by atoms with van der Waals surface area (Å²) in [5, 5.41) is 4.06. The van der Waals surface area contributed by atoms with Gasteiger partial charge in [-0.1, -0.05) is 11.2 Å². The molecule has 7 nitrogen and oxygen atoms in total. The second-order valence-electron chi connectivity index (χ2n) is 5.49. The van der Waals surface area contributed by atoms with E-state index in [1.165, 1.54) is 0 Å². The molecule has 0 spiro atoms. The van der Waals surface area contributed by atoms with Crippen LogP contribution in [0.2, 0.25) is 0 Å². The van der Waals surface area contributed by atoms with Crippen molar-refractivity contribution in [2.45, 2.75) is 13.5 Å². The van der Waals surface area contributed by atoms with E-state index in [-0.39, 0.29) is 6.09 Å². The monoisotopic (exact) mass is 442 g/mol. The number of halogens is 1. The molecule has 0 saturated carbocycles. The second-order valence-corrected chi connectivity index (χ2v) is 6.73. The van der Waals surface area contributed by atoms with Gasteiger partial charge < -0.3 is 14.2 Å². The number of carbonyl (C=O) groups is 1. The van der Waals surface area contributed by atoms with E-state index >= 15 is 0 Å². The molecule has 1 fully saturated rings. The van der Waals surface area contributed by atoms with Gasteiger partial charge in [0.25, 0.3) is 5.89 Å². The largest absolute Gasteiger partial charge is 0.450 e. The SMILES string of the molecule is CCOC(=O)N1CCN(Cc2noc(-c3cccc(I)c3)n2)CC1. The van der Waals surface area contributed by atoms with Crippen molar-refractivity contribution in [1.82, 2.24) is 19.9 Å². The number of hydrogen-bond donors (Lipinski definition) is 0. The summed E-state index contributed by atoms with van der Waals surface area (Å²) in [7, 11) is 0. The van der Waals surface area contributed by atoms with Crippen molar-refractivity contribution < 1.29 is 14.1 Å². The zero-order chi connectivity index (χ0) is 16.9. The molecule has 2 aromatic rings. The van der Waals surface area contributed by atoms with Gasteiger partial charge in [-0.25, -0.2) is 4.79 Å². The summed E-state index contributed by atoms with van der Waals surface area (Å²) in [6.07, 6.45) is -0.238. The van der Waals surface area contributed by atoms with Crippen LogP contribution in [0.1, 0.15) is 12.7 Å². The second kappa shape index (κ2) is 7.93. The number of piperazine rings is 1. The Kier molecular flexibility index (Phi) is 5.67. The van der Waals surface area contributed by atoms with Crippen LogP contribution in [0.4, 0.5) is 4.79 Å². The van der Waals surface area contributed by atoms with Gasteiger partial charge in [0.05, 0.1) is 13.2 Å². The lowest BCUT2D eigenvalue weighted by molar-refractivity contribution is 0.0769. The topological polar surface area (TPSA) is 71.7 Å². The standard InChI is InChI=1S/C16H19IN4O3/c1-2-23-16(22)21-8-6-20(7-9-21)11-14-18-15(24-19-14)12-4-3-5-13(17)10-12/h3-5,10H,2,6-9,11H2,1H3. The van der Waals surface area contributed by atoms with E-state index in [1.54, 1.807) is 4.90 Å². The summed E-state index contributed by atoms with van der Waals surface area (Å²) in [4.78, 5) is 20.1. The van der Waals surface area contributed by atoms with Gasteiger partial charge in [-0.3, -0.25) is 4.90 Å². The smallest absolute Gasteiger partial charge is 0.409 e. The predicted molar refractivity (Wildman–Crippen MR) is 96.3 cm³/mol. The predicted octanol–water partition coefficient (Wildman–Crippen LogP) is 2.62. The molecule has 0 radical (unpaired) electrons. The fourth-order valence-corrected chi connectivity index (χ4v) is 3.10. The van der Waals surface area contributed by atoms with Gasteiger partial charge in [0.15, 0.2) is 5.82 Å². The van der Waals surface area contributed by atoms with E-state index in [2.05, 4.69) is 37.6 Å².